The number of carbonyl (C=O) groups is 3. The van der Waals surface area contributed by atoms with Crippen LogP contribution in [0.1, 0.15) is 22.3 Å². The van der Waals surface area contributed by atoms with Gasteiger partial charge in [-0.05, 0) is 72.6 Å². The number of carboxylic acid groups (broad SMARTS) is 1. The summed E-state index contributed by atoms with van der Waals surface area (Å²) in [5.41, 5.74) is 2.16. The molecule has 1 atom stereocenters. The molecule has 2 amide bonds. The Bertz CT molecular complexity index is 1410. The van der Waals surface area contributed by atoms with E-state index in [-0.39, 0.29) is 23.8 Å². The van der Waals surface area contributed by atoms with Crippen LogP contribution >= 0.6 is 11.8 Å². The van der Waals surface area contributed by atoms with E-state index in [4.69, 9.17) is 24.3 Å². The van der Waals surface area contributed by atoms with E-state index >= 15 is 0 Å². The van der Waals surface area contributed by atoms with E-state index in [1.165, 1.54) is 36.0 Å². The first kappa shape index (κ1) is 28.5. The highest BCUT2D eigenvalue weighted by atomic mass is 32.2. The molecular weight excluding hydrogens is 534 g/mol. The molecule has 3 aromatic rings. The lowest BCUT2D eigenvalue weighted by Gasteiger charge is -2.17. The summed E-state index contributed by atoms with van der Waals surface area (Å²) in [6.07, 6.45) is 0.460. The minimum atomic E-state index is -1.05. The van der Waals surface area contributed by atoms with Gasteiger partial charge in [0, 0.05) is 18.7 Å². The van der Waals surface area contributed by atoms with Gasteiger partial charge in [0.05, 0.1) is 32.6 Å². The quantitative estimate of drug-likeness (QED) is 0.346. The molecule has 40 heavy (non-hydrogen) atoms. The number of carboxylic acids is 1. The second kappa shape index (κ2) is 13.0. The number of rotatable bonds is 11. The number of ether oxygens (including phenoxy) is 3. The summed E-state index contributed by atoms with van der Waals surface area (Å²) in [6.45, 7) is 0.352. The van der Waals surface area contributed by atoms with Gasteiger partial charge in [0.2, 0.25) is 11.8 Å². The number of nitrogens with zero attached hydrogens (tertiary/aromatic N) is 2. The zero-order valence-corrected chi connectivity index (χ0v) is 23.1. The first-order valence-corrected chi connectivity index (χ1v) is 13.2. The largest absolute Gasteiger partial charge is 0.497 e. The van der Waals surface area contributed by atoms with Crippen molar-refractivity contribution in [2.24, 2.45) is 4.99 Å². The molecule has 11 heteroatoms. The summed E-state index contributed by atoms with van der Waals surface area (Å²) in [4.78, 5) is 43.6. The number of carbonyl (C=O) groups excluding carboxylic acids is 2. The number of aliphatic imine (C=N–C) groups is 1. The van der Waals surface area contributed by atoms with E-state index in [9.17, 15) is 14.4 Å². The monoisotopic (exact) mass is 563 g/mol. The molecule has 0 bridgehead atoms. The first-order valence-electron chi connectivity index (χ1n) is 12.4. The number of nitrogens with one attached hydrogen (secondary N) is 1. The fourth-order valence-electron chi connectivity index (χ4n) is 4.05. The van der Waals surface area contributed by atoms with E-state index in [1.54, 1.807) is 50.5 Å². The molecule has 208 valence electrons. The van der Waals surface area contributed by atoms with Gasteiger partial charge >= 0.3 is 5.97 Å². The van der Waals surface area contributed by atoms with Crippen LogP contribution in [0.4, 0.5) is 11.4 Å². The molecule has 3 aromatic carbocycles. The molecule has 0 aliphatic carbocycles. The van der Waals surface area contributed by atoms with Crippen LogP contribution in [0, 0.1) is 0 Å². The number of amidine groups is 1. The molecule has 1 aliphatic heterocycles. The van der Waals surface area contributed by atoms with Crippen molar-refractivity contribution in [2.45, 2.75) is 18.1 Å². The number of anilines is 1. The smallest absolute Gasteiger partial charge is 0.335 e. The number of hydrogen-bond donors (Lipinski definition) is 2. The van der Waals surface area contributed by atoms with Gasteiger partial charge in [-0.2, -0.15) is 0 Å². The Kier molecular flexibility index (Phi) is 9.28. The van der Waals surface area contributed by atoms with Crippen LogP contribution in [-0.4, -0.2) is 66.1 Å². The van der Waals surface area contributed by atoms with Crippen molar-refractivity contribution in [2.75, 3.05) is 33.2 Å². The lowest BCUT2D eigenvalue weighted by Crippen LogP contribution is -2.35. The van der Waals surface area contributed by atoms with Gasteiger partial charge in [-0.3, -0.25) is 14.5 Å². The van der Waals surface area contributed by atoms with Crippen LogP contribution < -0.4 is 19.5 Å². The molecule has 0 aromatic heterocycles. The van der Waals surface area contributed by atoms with E-state index in [0.717, 1.165) is 5.56 Å². The minimum absolute atomic E-state index is 0.0708. The van der Waals surface area contributed by atoms with E-state index in [2.05, 4.69) is 5.32 Å². The van der Waals surface area contributed by atoms with Gasteiger partial charge in [-0.1, -0.05) is 17.8 Å². The third kappa shape index (κ3) is 6.92. The van der Waals surface area contributed by atoms with Crippen LogP contribution in [0.15, 0.2) is 71.7 Å². The maximum atomic E-state index is 13.5. The van der Waals surface area contributed by atoms with Crippen molar-refractivity contribution in [3.05, 3.63) is 77.9 Å². The maximum absolute atomic E-state index is 13.5. The van der Waals surface area contributed by atoms with Gasteiger partial charge in [0.15, 0.2) is 16.7 Å². The molecule has 0 spiro atoms. The highest BCUT2D eigenvalue weighted by Gasteiger charge is 2.39. The number of amides is 2. The second-order valence-electron chi connectivity index (χ2n) is 8.76. The summed E-state index contributed by atoms with van der Waals surface area (Å²) < 4.78 is 15.9. The Morgan fingerprint density at radius 1 is 0.950 bits per heavy atom. The third-order valence-corrected chi connectivity index (χ3v) is 7.35. The summed E-state index contributed by atoms with van der Waals surface area (Å²) in [5, 5.41) is 11.6. The SMILES string of the molecule is COc1ccc(N=C2S[C@@H](CC(=O)Nc3ccc(C(=O)O)cc3)C(=O)N2CCc2ccc(OC)c(OC)c2)cc1. The Balaban J connectivity index is 1.51. The summed E-state index contributed by atoms with van der Waals surface area (Å²) in [7, 11) is 4.72. The fourth-order valence-corrected chi connectivity index (χ4v) is 5.24. The predicted molar refractivity (Wildman–Crippen MR) is 153 cm³/mol. The topological polar surface area (TPSA) is 127 Å². The molecule has 10 nitrogen and oxygen atoms in total. The summed E-state index contributed by atoms with van der Waals surface area (Å²) in [6, 6.07) is 18.6. The lowest BCUT2D eigenvalue weighted by molar-refractivity contribution is -0.128. The van der Waals surface area contributed by atoms with Crippen molar-refractivity contribution in [1.29, 1.82) is 0 Å². The zero-order valence-electron chi connectivity index (χ0n) is 22.2. The number of methoxy groups -OCH3 is 3. The Morgan fingerprint density at radius 3 is 2.27 bits per heavy atom. The van der Waals surface area contributed by atoms with Crippen LogP contribution in [-0.2, 0) is 16.0 Å². The second-order valence-corrected chi connectivity index (χ2v) is 9.93. The molecule has 0 unspecified atom stereocenters. The van der Waals surface area contributed by atoms with Crippen LogP contribution in [0.25, 0.3) is 0 Å². The molecule has 0 saturated carbocycles. The minimum Gasteiger partial charge on any atom is -0.497 e. The Labute approximate surface area is 236 Å². The van der Waals surface area contributed by atoms with Crippen molar-refractivity contribution >= 4 is 46.1 Å². The van der Waals surface area contributed by atoms with Crippen LogP contribution in [0.3, 0.4) is 0 Å². The van der Waals surface area contributed by atoms with Crippen molar-refractivity contribution in [3.63, 3.8) is 0 Å². The molecule has 0 radical (unpaired) electrons. The fraction of sp³-hybridized carbons (Fsp3) is 0.241. The van der Waals surface area contributed by atoms with Gasteiger partial charge < -0.3 is 24.6 Å². The number of aromatic carboxylic acids is 1. The highest BCUT2D eigenvalue weighted by molar-refractivity contribution is 8.15. The molecule has 1 fully saturated rings. The van der Waals surface area contributed by atoms with Crippen molar-refractivity contribution in [3.8, 4) is 17.2 Å². The normalized spacial score (nSPS) is 15.7. The van der Waals surface area contributed by atoms with Crippen molar-refractivity contribution < 1.29 is 33.7 Å². The third-order valence-electron chi connectivity index (χ3n) is 6.18. The van der Waals surface area contributed by atoms with Gasteiger partial charge in [0.25, 0.3) is 0 Å². The van der Waals surface area contributed by atoms with E-state index < -0.39 is 11.2 Å². The Hall–Kier alpha value is -4.51. The van der Waals surface area contributed by atoms with Crippen LogP contribution in [0.5, 0.6) is 17.2 Å². The standard InChI is InChI=1S/C29H29N3O7S/c1-37-22-11-9-21(10-12-22)31-29-32(15-14-18-4-13-23(38-2)24(16-18)39-3)27(34)25(40-29)17-26(33)30-20-7-5-19(6-8-20)28(35)36/h4-13,16,25H,14-15,17H2,1-3H3,(H,30,33)(H,35,36)/t25-/m0/s1. The summed E-state index contributed by atoms with van der Waals surface area (Å²) in [5.74, 6) is 0.274. The average Bonchev–Trinajstić information content (AvgIpc) is 3.25. The summed E-state index contributed by atoms with van der Waals surface area (Å²) >= 11 is 1.24. The van der Waals surface area contributed by atoms with E-state index in [1.807, 2.05) is 18.2 Å². The van der Waals surface area contributed by atoms with Crippen molar-refractivity contribution in [1.82, 2.24) is 4.90 Å². The van der Waals surface area contributed by atoms with Gasteiger partial charge in [-0.25, -0.2) is 9.79 Å². The highest BCUT2D eigenvalue weighted by Crippen LogP contribution is 2.33. The molecule has 1 heterocycles. The maximum Gasteiger partial charge on any atom is 0.335 e. The zero-order chi connectivity index (χ0) is 28.6. The van der Waals surface area contributed by atoms with E-state index in [0.29, 0.717) is 46.8 Å². The lowest BCUT2D eigenvalue weighted by atomic mass is 10.1. The average molecular weight is 564 g/mol. The molecule has 1 aliphatic rings. The van der Waals surface area contributed by atoms with Crippen LogP contribution in [0.2, 0.25) is 0 Å². The number of benzene rings is 3. The van der Waals surface area contributed by atoms with Gasteiger partial charge in [0.1, 0.15) is 11.0 Å². The molecule has 1 saturated heterocycles. The molecule has 2 N–H and O–H groups in total. The molecular formula is C29H29N3O7S. The first-order chi connectivity index (χ1) is 19.3. The molecule has 4 rings (SSSR count). The Morgan fingerprint density at radius 2 is 1.65 bits per heavy atom. The number of thioether (sulfide) groups is 1. The number of hydrogen-bond acceptors (Lipinski definition) is 8. The van der Waals surface area contributed by atoms with Gasteiger partial charge in [-0.15, -0.1) is 0 Å². The predicted octanol–water partition coefficient (Wildman–Crippen LogP) is 4.61.